The number of benzene rings is 1. The third-order valence-electron chi connectivity index (χ3n) is 2.28. The molecule has 3 N–H and O–H groups in total. The fourth-order valence-corrected chi connectivity index (χ4v) is 1.38. The van der Waals surface area contributed by atoms with Crippen LogP contribution in [-0.4, -0.2) is 19.6 Å². The van der Waals surface area contributed by atoms with E-state index < -0.39 is 0 Å². The van der Waals surface area contributed by atoms with Crippen molar-refractivity contribution in [2.75, 3.05) is 19.4 Å². The Hall–Kier alpha value is -1.71. The zero-order chi connectivity index (χ0) is 12.0. The molecule has 0 aromatic heterocycles. The Balaban J connectivity index is 2.76. The molecule has 1 aromatic carbocycles. The Morgan fingerprint density at radius 1 is 1.50 bits per heavy atom. The number of unbranched alkanes of at least 4 members (excludes halogenated alkanes) is 1. The van der Waals surface area contributed by atoms with Crippen LogP contribution in [0.1, 0.15) is 30.1 Å². The van der Waals surface area contributed by atoms with Crippen molar-refractivity contribution in [3.05, 3.63) is 23.8 Å². The highest BCUT2D eigenvalue weighted by Crippen LogP contribution is 2.20. The first-order chi connectivity index (χ1) is 7.69. The highest BCUT2D eigenvalue weighted by molar-refractivity contribution is 5.97. The summed E-state index contributed by atoms with van der Waals surface area (Å²) < 4.78 is 5.11. The summed E-state index contributed by atoms with van der Waals surface area (Å²) in [5.74, 6) is 0.404. The molecule has 88 valence electrons. The summed E-state index contributed by atoms with van der Waals surface area (Å²) in [7, 11) is 1.54. The fourth-order valence-electron chi connectivity index (χ4n) is 1.38. The van der Waals surface area contributed by atoms with E-state index in [0.717, 1.165) is 12.8 Å². The van der Waals surface area contributed by atoms with Crippen molar-refractivity contribution in [2.24, 2.45) is 0 Å². The van der Waals surface area contributed by atoms with Gasteiger partial charge in [-0.15, -0.1) is 0 Å². The van der Waals surface area contributed by atoms with Gasteiger partial charge in [0.15, 0.2) is 0 Å². The summed E-state index contributed by atoms with van der Waals surface area (Å²) in [6.07, 6.45) is 2.02. The molecule has 0 bridgehead atoms. The fraction of sp³-hybridized carbons (Fsp3) is 0.417. The van der Waals surface area contributed by atoms with E-state index in [4.69, 9.17) is 10.5 Å². The number of nitrogen functional groups attached to an aromatic ring is 1. The van der Waals surface area contributed by atoms with Crippen molar-refractivity contribution < 1.29 is 9.53 Å². The smallest absolute Gasteiger partial charge is 0.255 e. The van der Waals surface area contributed by atoms with Crippen LogP contribution in [-0.2, 0) is 0 Å². The van der Waals surface area contributed by atoms with Gasteiger partial charge in [0, 0.05) is 12.2 Å². The molecule has 0 aliphatic carbocycles. The van der Waals surface area contributed by atoms with Gasteiger partial charge in [-0.1, -0.05) is 13.3 Å². The third kappa shape index (κ3) is 3.15. The molecule has 4 heteroatoms. The van der Waals surface area contributed by atoms with E-state index in [9.17, 15) is 4.79 Å². The summed E-state index contributed by atoms with van der Waals surface area (Å²) in [6, 6.07) is 5.03. The van der Waals surface area contributed by atoms with Gasteiger partial charge in [-0.25, -0.2) is 0 Å². The molecule has 1 rings (SSSR count). The van der Waals surface area contributed by atoms with E-state index in [1.54, 1.807) is 18.2 Å². The maximum absolute atomic E-state index is 11.8. The topological polar surface area (TPSA) is 64.4 Å². The maximum Gasteiger partial charge on any atom is 0.255 e. The second-order valence-corrected chi connectivity index (χ2v) is 3.57. The first-order valence-corrected chi connectivity index (χ1v) is 5.40. The van der Waals surface area contributed by atoms with Crippen LogP contribution >= 0.6 is 0 Å². The van der Waals surface area contributed by atoms with Crippen molar-refractivity contribution in [3.63, 3.8) is 0 Å². The number of anilines is 1. The van der Waals surface area contributed by atoms with E-state index in [0.29, 0.717) is 23.5 Å². The number of amides is 1. The summed E-state index contributed by atoms with van der Waals surface area (Å²) in [5, 5.41) is 2.83. The Morgan fingerprint density at radius 2 is 2.25 bits per heavy atom. The molecule has 16 heavy (non-hydrogen) atoms. The summed E-state index contributed by atoms with van der Waals surface area (Å²) in [5.41, 5.74) is 6.68. The van der Waals surface area contributed by atoms with Gasteiger partial charge in [0.05, 0.1) is 12.7 Å². The lowest BCUT2D eigenvalue weighted by molar-refractivity contribution is 0.0950. The standard InChI is InChI=1S/C12H18N2O2/c1-3-4-7-14-12(15)10-8-9(13)5-6-11(10)16-2/h5-6,8H,3-4,7,13H2,1-2H3,(H,14,15). The lowest BCUT2D eigenvalue weighted by Gasteiger charge is -2.09. The highest BCUT2D eigenvalue weighted by atomic mass is 16.5. The zero-order valence-corrected chi connectivity index (χ0v) is 9.75. The van der Waals surface area contributed by atoms with Gasteiger partial charge in [0.1, 0.15) is 5.75 Å². The average Bonchev–Trinajstić information content (AvgIpc) is 2.29. The van der Waals surface area contributed by atoms with Gasteiger partial charge in [0.2, 0.25) is 0 Å². The van der Waals surface area contributed by atoms with Crippen LogP contribution in [0.15, 0.2) is 18.2 Å². The lowest BCUT2D eigenvalue weighted by Crippen LogP contribution is -2.24. The molecule has 0 saturated carbocycles. The van der Waals surface area contributed by atoms with Crippen LogP contribution in [0.25, 0.3) is 0 Å². The molecule has 0 aliphatic rings. The van der Waals surface area contributed by atoms with E-state index >= 15 is 0 Å². The number of carbonyl (C=O) groups excluding carboxylic acids is 1. The van der Waals surface area contributed by atoms with Crippen LogP contribution in [0.2, 0.25) is 0 Å². The summed E-state index contributed by atoms with van der Waals surface area (Å²) in [4.78, 5) is 11.8. The normalized spacial score (nSPS) is 9.88. The van der Waals surface area contributed by atoms with Crippen LogP contribution in [0, 0.1) is 0 Å². The molecule has 1 aromatic rings. The minimum Gasteiger partial charge on any atom is -0.496 e. The number of carbonyl (C=O) groups is 1. The Morgan fingerprint density at radius 3 is 2.88 bits per heavy atom. The quantitative estimate of drug-likeness (QED) is 0.590. The second kappa shape index (κ2) is 6.00. The maximum atomic E-state index is 11.8. The molecule has 0 saturated heterocycles. The summed E-state index contributed by atoms with van der Waals surface area (Å²) in [6.45, 7) is 2.75. The Labute approximate surface area is 95.8 Å². The predicted octanol–water partition coefficient (Wildman–Crippen LogP) is 1.81. The van der Waals surface area contributed by atoms with Gasteiger partial charge in [-0.05, 0) is 24.6 Å². The largest absolute Gasteiger partial charge is 0.496 e. The highest BCUT2D eigenvalue weighted by Gasteiger charge is 2.11. The summed E-state index contributed by atoms with van der Waals surface area (Å²) >= 11 is 0. The van der Waals surface area contributed by atoms with E-state index in [1.165, 1.54) is 7.11 Å². The molecule has 0 atom stereocenters. The number of nitrogens with one attached hydrogen (secondary N) is 1. The molecule has 0 spiro atoms. The molecule has 4 nitrogen and oxygen atoms in total. The van der Waals surface area contributed by atoms with Crippen molar-refractivity contribution >= 4 is 11.6 Å². The second-order valence-electron chi connectivity index (χ2n) is 3.57. The number of hydrogen-bond donors (Lipinski definition) is 2. The number of nitrogens with two attached hydrogens (primary N) is 1. The molecule has 0 aliphatic heterocycles. The van der Waals surface area contributed by atoms with Gasteiger partial charge in [-0.3, -0.25) is 4.79 Å². The zero-order valence-electron chi connectivity index (χ0n) is 9.75. The van der Waals surface area contributed by atoms with E-state index in [1.807, 2.05) is 0 Å². The number of ether oxygens (including phenoxy) is 1. The van der Waals surface area contributed by atoms with Crippen LogP contribution in [0.4, 0.5) is 5.69 Å². The average molecular weight is 222 g/mol. The molecular formula is C12H18N2O2. The number of rotatable bonds is 5. The Bertz CT molecular complexity index is 364. The molecule has 0 unspecified atom stereocenters. The van der Waals surface area contributed by atoms with E-state index in [2.05, 4.69) is 12.2 Å². The monoisotopic (exact) mass is 222 g/mol. The van der Waals surface area contributed by atoms with Gasteiger partial charge in [0.25, 0.3) is 5.91 Å². The molecular weight excluding hydrogens is 204 g/mol. The van der Waals surface area contributed by atoms with Crippen molar-refractivity contribution in [1.29, 1.82) is 0 Å². The number of hydrogen-bond acceptors (Lipinski definition) is 3. The number of methoxy groups -OCH3 is 1. The van der Waals surface area contributed by atoms with Gasteiger partial charge >= 0.3 is 0 Å². The minimum absolute atomic E-state index is 0.141. The van der Waals surface area contributed by atoms with Crippen molar-refractivity contribution in [1.82, 2.24) is 5.32 Å². The Kier molecular flexibility index (Phi) is 4.64. The van der Waals surface area contributed by atoms with E-state index in [-0.39, 0.29) is 5.91 Å². The molecule has 0 radical (unpaired) electrons. The van der Waals surface area contributed by atoms with Crippen LogP contribution in [0.3, 0.4) is 0 Å². The van der Waals surface area contributed by atoms with Crippen molar-refractivity contribution in [2.45, 2.75) is 19.8 Å². The molecule has 0 fully saturated rings. The minimum atomic E-state index is -0.141. The lowest BCUT2D eigenvalue weighted by atomic mass is 10.1. The molecule has 1 amide bonds. The molecule has 0 heterocycles. The van der Waals surface area contributed by atoms with Gasteiger partial charge in [-0.2, -0.15) is 0 Å². The van der Waals surface area contributed by atoms with Gasteiger partial charge < -0.3 is 15.8 Å². The third-order valence-corrected chi connectivity index (χ3v) is 2.28. The predicted molar refractivity (Wildman–Crippen MR) is 64.6 cm³/mol. The first-order valence-electron chi connectivity index (χ1n) is 5.40. The van der Waals surface area contributed by atoms with Crippen LogP contribution in [0.5, 0.6) is 5.75 Å². The van der Waals surface area contributed by atoms with Crippen LogP contribution < -0.4 is 15.8 Å². The van der Waals surface area contributed by atoms with Crippen molar-refractivity contribution in [3.8, 4) is 5.75 Å². The SMILES string of the molecule is CCCCNC(=O)c1cc(N)ccc1OC. The first kappa shape index (κ1) is 12.4.